The molecule has 4 aromatic rings. The van der Waals surface area contributed by atoms with Crippen molar-refractivity contribution >= 4 is 5.97 Å². The van der Waals surface area contributed by atoms with Crippen LogP contribution in [0.15, 0.2) is 72.9 Å². The van der Waals surface area contributed by atoms with Gasteiger partial charge in [-0.15, -0.1) is 0 Å². The lowest BCUT2D eigenvalue weighted by molar-refractivity contribution is 0.0358. The number of halogens is 1. The van der Waals surface area contributed by atoms with Crippen LogP contribution >= 0.6 is 0 Å². The van der Waals surface area contributed by atoms with Gasteiger partial charge in [-0.2, -0.15) is 9.49 Å². The first-order valence-electron chi connectivity index (χ1n) is 12.8. The van der Waals surface area contributed by atoms with Gasteiger partial charge >= 0.3 is 5.97 Å². The minimum atomic E-state index is -0.590. The van der Waals surface area contributed by atoms with E-state index in [4.69, 9.17) is 18.9 Å². The summed E-state index contributed by atoms with van der Waals surface area (Å²) < 4.78 is 36.3. The molecule has 1 fully saturated rings. The molecule has 0 bridgehead atoms. The van der Waals surface area contributed by atoms with Crippen LogP contribution in [0.3, 0.4) is 0 Å². The lowest BCUT2D eigenvalue weighted by atomic mass is 10.0. The third-order valence-electron chi connectivity index (χ3n) is 6.53. The van der Waals surface area contributed by atoms with E-state index in [1.807, 2.05) is 42.5 Å². The molecule has 0 spiro atoms. The Balaban J connectivity index is 1.25. The van der Waals surface area contributed by atoms with Gasteiger partial charge in [-0.25, -0.2) is 4.79 Å². The van der Waals surface area contributed by atoms with E-state index in [1.54, 1.807) is 18.2 Å². The molecule has 1 aliphatic heterocycles. The monoisotopic (exact) mass is 531 g/mol. The molecule has 1 aromatic heterocycles. The highest BCUT2D eigenvalue weighted by Gasteiger charge is 2.18. The Morgan fingerprint density at radius 2 is 1.79 bits per heavy atom. The molecular formula is C30H30FN3O5. The fraction of sp³-hybridized carbons (Fsp3) is 0.267. The van der Waals surface area contributed by atoms with Crippen molar-refractivity contribution in [2.24, 2.45) is 0 Å². The van der Waals surface area contributed by atoms with Crippen LogP contribution in [0.2, 0.25) is 0 Å². The van der Waals surface area contributed by atoms with Crippen LogP contribution in [0.25, 0.3) is 22.3 Å². The van der Waals surface area contributed by atoms with Gasteiger partial charge in [-0.05, 0) is 59.5 Å². The number of rotatable bonds is 10. The Morgan fingerprint density at radius 3 is 2.54 bits per heavy atom. The summed E-state index contributed by atoms with van der Waals surface area (Å²) in [6.45, 7) is 5.25. The number of ether oxygens (including phenoxy) is 4. The molecule has 0 saturated carbocycles. The number of nitrogens with zero attached hydrogens (tertiary/aromatic N) is 2. The fourth-order valence-corrected chi connectivity index (χ4v) is 4.44. The van der Waals surface area contributed by atoms with Crippen LogP contribution in [0.4, 0.5) is 4.39 Å². The Labute approximate surface area is 226 Å². The molecule has 202 valence electrons. The summed E-state index contributed by atoms with van der Waals surface area (Å²) in [4.78, 5) is 14.9. The number of aromatic amines is 1. The van der Waals surface area contributed by atoms with E-state index in [2.05, 4.69) is 15.1 Å². The second-order valence-electron chi connectivity index (χ2n) is 9.11. The van der Waals surface area contributed by atoms with Crippen LogP contribution in [-0.4, -0.2) is 67.6 Å². The zero-order valence-electron chi connectivity index (χ0n) is 21.7. The predicted molar refractivity (Wildman–Crippen MR) is 145 cm³/mol. The van der Waals surface area contributed by atoms with Crippen LogP contribution in [0, 0.1) is 5.95 Å². The highest BCUT2D eigenvalue weighted by molar-refractivity contribution is 5.94. The maximum atomic E-state index is 14.0. The van der Waals surface area contributed by atoms with Gasteiger partial charge in [0.2, 0.25) is 5.95 Å². The minimum Gasteiger partial charge on any atom is -0.494 e. The van der Waals surface area contributed by atoms with Crippen molar-refractivity contribution in [3.05, 3.63) is 84.4 Å². The van der Waals surface area contributed by atoms with Crippen molar-refractivity contribution < 1.29 is 28.1 Å². The first-order chi connectivity index (χ1) is 19.1. The predicted octanol–water partition coefficient (Wildman–Crippen LogP) is 5.56. The van der Waals surface area contributed by atoms with Crippen molar-refractivity contribution in [1.82, 2.24) is 15.1 Å². The molecule has 9 heteroatoms. The molecule has 5 rings (SSSR count). The SMILES string of the molecule is COC(=O)c1cc(-c2cn[nH]c2F)ccc1Oc1cccc(-c2ccc(OCCCN3CCOCC3)cc2)c1. The van der Waals surface area contributed by atoms with Gasteiger partial charge in [0.15, 0.2) is 0 Å². The first kappa shape index (κ1) is 26.4. The smallest absolute Gasteiger partial charge is 0.341 e. The molecule has 1 aliphatic rings. The van der Waals surface area contributed by atoms with E-state index in [1.165, 1.54) is 19.4 Å². The van der Waals surface area contributed by atoms with Gasteiger partial charge in [0.1, 0.15) is 22.8 Å². The van der Waals surface area contributed by atoms with Crippen LogP contribution < -0.4 is 9.47 Å². The quantitative estimate of drug-likeness (QED) is 0.212. The highest BCUT2D eigenvalue weighted by Crippen LogP contribution is 2.33. The molecule has 8 nitrogen and oxygen atoms in total. The molecule has 2 heterocycles. The number of carbonyl (C=O) groups excluding carboxylic acids is 1. The number of aromatic nitrogens is 2. The number of nitrogens with one attached hydrogen (secondary N) is 1. The van der Waals surface area contributed by atoms with Gasteiger partial charge in [-0.1, -0.05) is 30.3 Å². The molecular weight excluding hydrogens is 501 g/mol. The van der Waals surface area contributed by atoms with Crippen LogP contribution in [0.5, 0.6) is 17.2 Å². The molecule has 1 saturated heterocycles. The maximum absolute atomic E-state index is 14.0. The summed E-state index contributed by atoms with van der Waals surface area (Å²) in [6.07, 6.45) is 2.32. The number of benzene rings is 3. The van der Waals surface area contributed by atoms with Crippen molar-refractivity contribution in [3.63, 3.8) is 0 Å². The lowest BCUT2D eigenvalue weighted by Crippen LogP contribution is -2.37. The summed E-state index contributed by atoms with van der Waals surface area (Å²) in [7, 11) is 1.29. The van der Waals surface area contributed by atoms with E-state index >= 15 is 0 Å². The fourth-order valence-electron chi connectivity index (χ4n) is 4.44. The number of H-pyrrole nitrogens is 1. The van der Waals surface area contributed by atoms with Gasteiger partial charge < -0.3 is 18.9 Å². The van der Waals surface area contributed by atoms with Gasteiger partial charge in [0, 0.05) is 19.6 Å². The maximum Gasteiger partial charge on any atom is 0.341 e. The van der Waals surface area contributed by atoms with Crippen molar-refractivity contribution in [2.45, 2.75) is 6.42 Å². The van der Waals surface area contributed by atoms with Gasteiger partial charge in [0.05, 0.1) is 38.7 Å². The molecule has 3 aromatic carbocycles. The number of hydrogen-bond donors (Lipinski definition) is 1. The Kier molecular flexibility index (Phi) is 8.50. The van der Waals surface area contributed by atoms with Crippen molar-refractivity contribution in [2.75, 3.05) is 46.6 Å². The summed E-state index contributed by atoms with van der Waals surface area (Å²) in [6, 6.07) is 20.3. The van der Waals surface area contributed by atoms with E-state index in [0.717, 1.165) is 56.1 Å². The molecule has 0 amide bonds. The Hall–Kier alpha value is -4.21. The molecule has 0 aliphatic carbocycles. The second-order valence-corrected chi connectivity index (χ2v) is 9.11. The summed E-state index contributed by atoms with van der Waals surface area (Å²) >= 11 is 0. The molecule has 1 N–H and O–H groups in total. The number of hydrogen-bond acceptors (Lipinski definition) is 7. The number of methoxy groups -OCH3 is 1. The van der Waals surface area contributed by atoms with E-state index < -0.39 is 11.9 Å². The number of morpholine rings is 1. The zero-order chi connectivity index (χ0) is 27.0. The van der Waals surface area contributed by atoms with Crippen LogP contribution in [0.1, 0.15) is 16.8 Å². The lowest BCUT2D eigenvalue weighted by Gasteiger charge is -2.26. The van der Waals surface area contributed by atoms with E-state index in [9.17, 15) is 9.18 Å². The molecule has 0 unspecified atom stereocenters. The largest absolute Gasteiger partial charge is 0.494 e. The normalized spacial score (nSPS) is 13.7. The van der Waals surface area contributed by atoms with Crippen molar-refractivity contribution in [1.29, 1.82) is 0 Å². The second kappa shape index (κ2) is 12.6. The van der Waals surface area contributed by atoms with Gasteiger partial charge in [0.25, 0.3) is 0 Å². The topological polar surface area (TPSA) is 85.9 Å². The zero-order valence-corrected chi connectivity index (χ0v) is 21.7. The summed E-state index contributed by atoms with van der Waals surface area (Å²) in [5, 5.41) is 5.96. The van der Waals surface area contributed by atoms with Crippen molar-refractivity contribution in [3.8, 4) is 39.5 Å². The Bertz CT molecular complexity index is 1400. The standard InChI is InChI=1S/C30H30FN3O5/c1-36-30(35)26-19-23(27-20-32-33-29(27)31)8-11-28(26)39-25-5-2-4-22(18-25)21-6-9-24(10-7-21)38-15-3-12-34-13-16-37-17-14-34/h2,4-11,18-20H,3,12-17H2,1H3,(H,32,33). The van der Waals surface area contributed by atoms with Gasteiger partial charge in [-0.3, -0.25) is 10.00 Å². The molecule has 39 heavy (non-hydrogen) atoms. The number of esters is 1. The number of carbonyl (C=O) groups is 1. The molecule has 0 radical (unpaired) electrons. The molecule has 0 atom stereocenters. The summed E-state index contributed by atoms with van der Waals surface area (Å²) in [5.74, 6) is 0.491. The van der Waals surface area contributed by atoms with E-state index in [-0.39, 0.29) is 11.1 Å². The average Bonchev–Trinajstić information content (AvgIpc) is 3.42. The van der Waals surface area contributed by atoms with Crippen LogP contribution in [-0.2, 0) is 9.47 Å². The third kappa shape index (κ3) is 6.63. The highest BCUT2D eigenvalue weighted by atomic mass is 19.1. The Morgan fingerprint density at radius 1 is 1.00 bits per heavy atom. The summed E-state index contributed by atoms with van der Waals surface area (Å²) in [5.41, 5.74) is 2.85. The minimum absolute atomic E-state index is 0.177. The third-order valence-corrected chi connectivity index (χ3v) is 6.53. The first-order valence-corrected chi connectivity index (χ1v) is 12.8. The van der Waals surface area contributed by atoms with E-state index in [0.29, 0.717) is 23.7 Å². The average molecular weight is 532 g/mol.